The van der Waals surface area contributed by atoms with Crippen molar-refractivity contribution in [1.29, 1.82) is 0 Å². The fourth-order valence-corrected chi connectivity index (χ4v) is 3.47. The van der Waals surface area contributed by atoms with Crippen LogP contribution in [0.25, 0.3) is 0 Å². The fourth-order valence-electron chi connectivity index (χ4n) is 3.47. The zero-order chi connectivity index (χ0) is 15.6. The summed E-state index contributed by atoms with van der Waals surface area (Å²) in [5.41, 5.74) is 0.377. The van der Waals surface area contributed by atoms with Crippen molar-refractivity contribution in [3.8, 4) is 0 Å². The molecular weight excluding hydrogens is 266 g/mol. The number of likely N-dealkylation sites (N-methyl/N-ethyl adjacent to an activating group) is 1. The Balaban J connectivity index is 2.12. The van der Waals surface area contributed by atoms with Gasteiger partial charge in [-0.3, -0.25) is 9.69 Å². The maximum atomic E-state index is 12.8. The molecule has 0 aromatic heterocycles. The summed E-state index contributed by atoms with van der Waals surface area (Å²) in [6, 6.07) is -0.242. The lowest BCUT2D eigenvalue weighted by molar-refractivity contribution is -0.135. The molecule has 1 aliphatic heterocycles. The molecule has 5 nitrogen and oxygen atoms in total. The van der Waals surface area contributed by atoms with E-state index in [2.05, 4.69) is 23.7 Å². The molecule has 1 aliphatic carbocycles. The van der Waals surface area contributed by atoms with Crippen molar-refractivity contribution in [3.05, 3.63) is 12.2 Å². The lowest BCUT2D eigenvalue weighted by Crippen LogP contribution is -2.54. The molecule has 0 unspecified atom stereocenters. The Morgan fingerprint density at radius 2 is 2.19 bits per heavy atom. The van der Waals surface area contributed by atoms with Crippen molar-refractivity contribution in [3.63, 3.8) is 0 Å². The topological polar surface area (TPSA) is 52.6 Å². The number of imide groups is 1. The molecule has 1 saturated heterocycles. The van der Waals surface area contributed by atoms with Crippen LogP contribution < -0.4 is 5.32 Å². The Kier molecular flexibility index (Phi) is 4.71. The van der Waals surface area contributed by atoms with Crippen LogP contribution in [0.3, 0.4) is 0 Å². The van der Waals surface area contributed by atoms with E-state index in [1.54, 1.807) is 0 Å². The van der Waals surface area contributed by atoms with Crippen molar-refractivity contribution in [1.82, 2.24) is 15.1 Å². The molecule has 0 aromatic carbocycles. The third-order valence-electron chi connectivity index (χ3n) is 4.78. The van der Waals surface area contributed by atoms with Gasteiger partial charge in [-0.15, -0.1) is 0 Å². The van der Waals surface area contributed by atoms with Gasteiger partial charge in [-0.1, -0.05) is 38.8 Å². The van der Waals surface area contributed by atoms with Crippen molar-refractivity contribution < 1.29 is 9.59 Å². The molecule has 2 aliphatic rings. The van der Waals surface area contributed by atoms with Gasteiger partial charge in [-0.05, 0) is 32.2 Å². The van der Waals surface area contributed by atoms with Gasteiger partial charge in [0.1, 0.15) is 5.54 Å². The summed E-state index contributed by atoms with van der Waals surface area (Å²) in [6.07, 6.45) is 3.92. The highest BCUT2D eigenvalue weighted by Crippen LogP contribution is 2.38. The van der Waals surface area contributed by atoms with Crippen molar-refractivity contribution in [2.75, 3.05) is 19.8 Å². The molecular formula is C16H27N3O2. The Bertz CT molecular complexity index is 449. The maximum absolute atomic E-state index is 12.8. The summed E-state index contributed by atoms with van der Waals surface area (Å²) in [5.74, 6) is 0.170. The molecule has 1 N–H and O–H groups in total. The van der Waals surface area contributed by atoms with Crippen LogP contribution in [0.5, 0.6) is 0 Å². The molecule has 5 heteroatoms. The van der Waals surface area contributed by atoms with Crippen LogP contribution in [-0.4, -0.2) is 47.0 Å². The minimum atomic E-state index is -0.655. The smallest absolute Gasteiger partial charge is 0.323 e. The number of hydrogen-bond acceptors (Lipinski definition) is 3. The van der Waals surface area contributed by atoms with Gasteiger partial charge < -0.3 is 5.32 Å². The number of amides is 3. The molecule has 2 rings (SSSR count). The van der Waals surface area contributed by atoms with Crippen LogP contribution in [0, 0.1) is 5.92 Å². The fraction of sp³-hybridized carbons (Fsp3) is 0.750. The van der Waals surface area contributed by atoms with Crippen LogP contribution in [0.2, 0.25) is 0 Å². The van der Waals surface area contributed by atoms with Crippen LogP contribution in [0.1, 0.15) is 46.5 Å². The summed E-state index contributed by atoms with van der Waals surface area (Å²) in [6.45, 7) is 11.8. The second-order valence-corrected chi connectivity index (χ2v) is 6.53. The first-order chi connectivity index (χ1) is 9.90. The first-order valence-electron chi connectivity index (χ1n) is 7.91. The van der Waals surface area contributed by atoms with Crippen LogP contribution in [0.4, 0.5) is 4.79 Å². The Labute approximate surface area is 127 Å². The van der Waals surface area contributed by atoms with Gasteiger partial charge in [0.05, 0.1) is 6.67 Å². The zero-order valence-corrected chi connectivity index (χ0v) is 13.4. The van der Waals surface area contributed by atoms with E-state index in [0.29, 0.717) is 13.2 Å². The van der Waals surface area contributed by atoms with Crippen molar-refractivity contribution >= 4 is 11.9 Å². The largest absolute Gasteiger partial charge is 0.326 e. The van der Waals surface area contributed by atoms with Gasteiger partial charge in [0, 0.05) is 6.54 Å². The van der Waals surface area contributed by atoms with Gasteiger partial charge in [0.2, 0.25) is 0 Å². The molecule has 2 fully saturated rings. The molecule has 0 radical (unpaired) electrons. The van der Waals surface area contributed by atoms with Crippen molar-refractivity contribution in [2.24, 2.45) is 5.92 Å². The number of urea groups is 1. The van der Waals surface area contributed by atoms with E-state index in [1.807, 2.05) is 13.8 Å². The molecule has 1 heterocycles. The van der Waals surface area contributed by atoms with Gasteiger partial charge in [-0.2, -0.15) is 0 Å². The minimum Gasteiger partial charge on any atom is -0.323 e. The van der Waals surface area contributed by atoms with Crippen molar-refractivity contribution in [2.45, 2.75) is 52.0 Å². The van der Waals surface area contributed by atoms with E-state index < -0.39 is 5.54 Å². The van der Waals surface area contributed by atoms with Crippen LogP contribution in [0.15, 0.2) is 12.2 Å². The van der Waals surface area contributed by atoms with Gasteiger partial charge in [0.25, 0.3) is 5.91 Å². The van der Waals surface area contributed by atoms with Crippen LogP contribution in [-0.2, 0) is 4.79 Å². The van der Waals surface area contributed by atoms with E-state index in [1.165, 1.54) is 4.90 Å². The third-order valence-corrected chi connectivity index (χ3v) is 4.78. The number of nitrogens with zero attached hydrogens (tertiary/aromatic N) is 2. The summed E-state index contributed by atoms with van der Waals surface area (Å²) in [4.78, 5) is 28.6. The molecule has 1 spiro atoms. The highest BCUT2D eigenvalue weighted by atomic mass is 16.2. The molecule has 1 saturated carbocycles. The Hall–Kier alpha value is -1.36. The van der Waals surface area contributed by atoms with E-state index in [9.17, 15) is 9.59 Å². The highest BCUT2D eigenvalue weighted by molar-refractivity contribution is 6.07. The van der Waals surface area contributed by atoms with Gasteiger partial charge >= 0.3 is 6.03 Å². The lowest BCUT2D eigenvalue weighted by atomic mass is 9.73. The number of carbonyl (C=O) groups excluding carboxylic acids is 2. The summed E-state index contributed by atoms with van der Waals surface area (Å²) in [7, 11) is 0. The average molecular weight is 293 g/mol. The van der Waals surface area contributed by atoms with E-state index in [-0.39, 0.29) is 17.9 Å². The van der Waals surface area contributed by atoms with Gasteiger partial charge in [-0.25, -0.2) is 9.69 Å². The molecule has 2 atom stereocenters. The minimum absolute atomic E-state index is 0.0418. The molecule has 21 heavy (non-hydrogen) atoms. The summed E-state index contributed by atoms with van der Waals surface area (Å²) >= 11 is 0. The number of rotatable bonds is 5. The van der Waals surface area contributed by atoms with E-state index >= 15 is 0 Å². The van der Waals surface area contributed by atoms with Gasteiger partial charge in [0.15, 0.2) is 0 Å². The monoisotopic (exact) mass is 293 g/mol. The quantitative estimate of drug-likeness (QED) is 0.625. The average Bonchev–Trinajstić information content (AvgIpc) is 2.66. The van der Waals surface area contributed by atoms with E-state index in [0.717, 1.165) is 37.8 Å². The first-order valence-corrected chi connectivity index (χ1v) is 7.91. The first kappa shape index (κ1) is 16.0. The summed E-state index contributed by atoms with van der Waals surface area (Å²) in [5, 5.41) is 2.99. The normalized spacial score (nSPS) is 29.3. The molecule has 0 aromatic rings. The maximum Gasteiger partial charge on any atom is 0.326 e. The SMILES string of the molecule is C=C(C)CN(CC)CN1C(=O)N[C@]2(CCCC[C@H]2C)C1=O. The number of nitrogens with one attached hydrogen (secondary N) is 1. The Morgan fingerprint density at radius 3 is 2.76 bits per heavy atom. The molecule has 0 bridgehead atoms. The lowest BCUT2D eigenvalue weighted by Gasteiger charge is -2.37. The zero-order valence-electron chi connectivity index (χ0n) is 13.4. The molecule has 118 valence electrons. The predicted octanol–water partition coefficient (Wildman–Crippen LogP) is 2.34. The number of hydrogen-bond donors (Lipinski definition) is 1. The van der Waals surface area contributed by atoms with E-state index in [4.69, 9.17) is 0 Å². The third kappa shape index (κ3) is 2.98. The Morgan fingerprint density at radius 1 is 1.48 bits per heavy atom. The predicted molar refractivity (Wildman–Crippen MR) is 82.7 cm³/mol. The van der Waals surface area contributed by atoms with Crippen LogP contribution >= 0.6 is 0 Å². The number of carbonyl (C=O) groups is 2. The standard InChI is InChI=1S/C16H27N3O2/c1-5-18(10-12(2)3)11-19-14(20)16(17-15(19)21)9-7-6-8-13(16)4/h13H,2,5-11H2,1,3-4H3,(H,17,21)/t13-,16+/m1/s1. The second kappa shape index (κ2) is 6.18. The second-order valence-electron chi connectivity index (χ2n) is 6.53. The molecule has 3 amide bonds. The summed E-state index contributed by atoms with van der Waals surface area (Å²) < 4.78 is 0. The highest BCUT2D eigenvalue weighted by Gasteiger charge is 2.54.